The van der Waals surface area contributed by atoms with Gasteiger partial charge in [0.15, 0.2) is 0 Å². The summed E-state index contributed by atoms with van der Waals surface area (Å²) in [6, 6.07) is 6.65. The zero-order chi connectivity index (χ0) is 11.7. The summed E-state index contributed by atoms with van der Waals surface area (Å²) in [5.41, 5.74) is 0.982. The summed E-state index contributed by atoms with van der Waals surface area (Å²) in [6.07, 6.45) is 7.54. The number of hydrogen-bond donors (Lipinski definition) is 1. The fourth-order valence-corrected chi connectivity index (χ4v) is 3.04. The van der Waals surface area contributed by atoms with Crippen molar-refractivity contribution < 1.29 is 0 Å². The Balaban J connectivity index is 1.87. The summed E-state index contributed by atoms with van der Waals surface area (Å²) in [7, 11) is 0. The number of hydrogen-bond acceptors (Lipinski definition) is 2. The van der Waals surface area contributed by atoms with Crippen molar-refractivity contribution in [3.63, 3.8) is 0 Å². The Kier molecular flexibility index (Phi) is 2.93. The molecule has 1 aliphatic rings. The quantitative estimate of drug-likeness (QED) is 0.847. The number of rotatable bonds is 3. The Bertz CT molecular complexity index is 508. The molecule has 0 amide bonds. The molecule has 4 heteroatoms. The van der Waals surface area contributed by atoms with Crippen LogP contribution < -0.4 is 5.32 Å². The van der Waals surface area contributed by atoms with Crippen LogP contribution in [0.1, 0.15) is 19.3 Å². The molecule has 2 aromatic heterocycles. The largest absolute Gasteiger partial charge is 0.368 e. The molecule has 2 atom stereocenters. The zero-order valence-electron chi connectivity index (χ0n) is 9.64. The normalized spacial score (nSPS) is 24.3. The first-order valence-corrected chi connectivity index (χ1v) is 6.66. The highest BCUT2D eigenvalue weighted by Crippen LogP contribution is 2.29. The first-order chi connectivity index (χ1) is 8.38. The van der Waals surface area contributed by atoms with Crippen LogP contribution in [0.2, 0.25) is 0 Å². The summed E-state index contributed by atoms with van der Waals surface area (Å²) in [6.45, 7) is 0. The number of anilines is 1. The van der Waals surface area contributed by atoms with Gasteiger partial charge in [0.1, 0.15) is 11.5 Å². The lowest BCUT2D eigenvalue weighted by atomic mass is 10.1. The second kappa shape index (κ2) is 4.57. The van der Waals surface area contributed by atoms with Crippen molar-refractivity contribution in [2.75, 3.05) is 11.2 Å². The van der Waals surface area contributed by atoms with Crippen LogP contribution in [-0.4, -0.2) is 21.3 Å². The second-order valence-electron chi connectivity index (χ2n) is 4.66. The van der Waals surface area contributed by atoms with Gasteiger partial charge in [0.05, 0.1) is 0 Å². The van der Waals surface area contributed by atoms with Crippen LogP contribution in [0.5, 0.6) is 0 Å². The molecule has 17 heavy (non-hydrogen) atoms. The highest BCUT2D eigenvalue weighted by atomic mass is 35.5. The van der Waals surface area contributed by atoms with E-state index >= 15 is 0 Å². The minimum absolute atomic E-state index is 0.500. The Morgan fingerprint density at radius 1 is 1.41 bits per heavy atom. The van der Waals surface area contributed by atoms with E-state index < -0.39 is 0 Å². The van der Waals surface area contributed by atoms with Gasteiger partial charge in [-0.25, -0.2) is 4.98 Å². The number of nitrogens with zero attached hydrogens (tertiary/aromatic N) is 2. The predicted molar refractivity (Wildman–Crippen MR) is 70.7 cm³/mol. The van der Waals surface area contributed by atoms with Crippen molar-refractivity contribution >= 4 is 23.1 Å². The van der Waals surface area contributed by atoms with E-state index in [-0.39, 0.29) is 0 Å². The minimum Gasteiger partial charge on any atom is -0.368 e. The smallest absolute Gasteiger partial charge is 0.138 e. The Hall–Kier alpha value is -1.22. The highest BCUT2D eigenvalue weighted by molar-refractivity contribution is 6.18. The summed E-state index contributed by atoms with van der Waals surface area (Å²) in [5, 5.41) is 3.61. The van der Waals surface area contributed by atoms with Gasteiger partial charge in [-0.15, -0.1) is 11.6 Å². The number of nitrogens with one attached hydrogen (secondary N) is 1. The van der Waals surface area contributed by atoms with Gasteiger partial charge in [0, 0.05) is 24.3 Å². The molecule has 0 aliphatic heterocycles. The second-order valence-corrected chi connectivity index (χ2v) is 4.97. The van der Waals surface area contributed by atoms with E-state index in [1.54, 1.807) is 0 Å². The maximum Gasteiger partial charge on any atom is 0.138 e. The minimum atomic E-state index is 0.500. The summed E-state index contributed by atoms with van der Waals surface area (Å²) < 4.78 is 2.09. The number of pyridine rings is 1. The molecule has 2 aromatic rings. The van der Waals surface area contributed by atoms with Crippen LogP contribution in [0.4, 0.5) is 5.82 Å². The van der Waals surface area contributed by atoms with Crippen LogP contribution in [-0.2, 0) is 0 Å². The SMILES string of the molecule is ClCC1CCCC1Nc1cccc2nccn12. The van der Waals surface area contributed by atoms with Gasteiger partial charge < -0.3 is 5.32 Å². The van der Waals surface area contributed by atoms with Gasteiger partial charge in [-0.1, -0.05) is 12.5 Å². The standard InChI is InChI=1S/C13H16ClN3/c14-9-10-3-1-4-11(10)16-13-6-2-5-12-15-7-8-17(12)13/h2,5-8,10-11,16H,1,3-4,9H2. The van der Waals surface area contributed by atoms with Gasteiger partial charge in [-0.2, -0.15) is 0 Å². The van der Waals surface area contributed by atoms with Crippen molar-refractivity contribution in [1.29, 1.82) is 0 Å². The number of imidazole rings is 1. The molecular weight excluding hydrogens is 234 g/mol. The third kappa shape index (κ3) is 2.00. The molecule has 90 valence electrons. The third-order valence-corrected chi connectivity index (χ3v) is 4.02. The molecule has 0 spiro atoms. The van der Waals surface area contributed by atoms with Crippen molar-refractivity contribution in [3.05, 3.63) is 30.6 Å². The summed E-state index contributed by atoms with van der Waals surface area (Å²) in [5.74, 6) is 2.45. The molecule has 1 saturated carbocycles. The van der Waals surface area contributed by atoms with E-state index in [2.05, 4.69) is 20.8 Å². The average Bonchev–Trinajstić information content (AvgIpc) is 2.97. The number of halogens is 1. The Morgan fingerprint density at radius 2 is 2.35 bits per heavy atom. The van der Waals surface area contributed by atoms with E-state index in [4.69, 9.17) is 11.6 Å². The zero-order valence-corrected chi connectivity index (χ0v) is 10.4. The van der Waals surface area contributed by atoms with E-state index in [0.29, 0.717) is 12.0 Å². The highest BCUT2D eigenvalue weighted by Gasteiger charge is 2.26. The molecule has 0 radical (unpaired) electrons. The van der Waals surface area contributed by atoms with Gasteiger partial charge >= 0.3 is 0 Å². The molecule has 1 aliphatic carbocycles. The molecule has 3 nitrogen and oxygen atoms in total. The molecule has 1 fully saturated rings. The number of fused-ring (bicyclic) bond motifs is 1. The van der Waals surface area contributed by atoms with Crippen LogP contribution in [0.15, 0.2) is 30.6 Å². The first-order valence-electron chi connectivity index (χ1n) is 6.13. The lowest BCUT2D eigenvalue weighted by Gasteiger charge is -2.20. The number of alkyl halides is 1. The monoisotopic (exact) mass is 249 g/mol. The first kappa shape index (κ1) is 10.9. The van der Waals surface area contributed by atoms with Gasteiger partial charge in [0.25, 0.3) is 0 Å². The topological polar surface area (TPSA) is 29.3 Å². The molecule has 2 heterocycles. The van der Waals surface area contributed by atoms with Crippen molar-refractivity contribution in [3.8, 4) is 0 Å². The lowest BCUT2D eigenvalue weighted by Crippen LogP contribution is -2.25. The molecule has 0 aromatic carbocycles. The maximum atomic E-state index is 6.01. The lowest BCUT2D eigenvalue weighted by molar-refractivity contribution is 0.560. The fourth-order valence-electron chi connectivity index (χ4n) is 2.67. The van der Waals surface area contributed by atoms with Crippen LogP contribution >= 0.6 is 11.6 Å². The average molecular weight is 250 g/mol. The van der Waals surface area contributed by atoms with Crippen molar-refractivity contribution in [2.45, 2.75) is 25.3 Å². The molecule has 2 unspecified atom stereocenters. The third-order valence-electron chi connectivity index (χ3n) is 3.62. The molecule has 0 saturated heterocycles. The maximum absolute atomic E-state index is 6.01. The van der Waals surface area contributed by atoms with E-state index in [9.17, 15) is 0 Å². The van der Waals surface area contributed by atoms with Crippen molar-refractivity contribution in [1.82, 2.24) is 9.38 Å². The van der Waals surface area contributed by atoms with Crippen molar-refractivity contribution in [2.24, 2.45) is 5.92 Å². The number of aromatic nitrogens is 2. The van der Waals surface area contributed by atoms with E-state index in [0.717, 1.165) is 17.3 Å². The van der Waals surface area contributed by atoms with E-state index in [1.165, 1.54) is 19.3 Å². The predicted octanol–water partition coefficient (Wildman–Crippen LogP) is 3.15. The molecular formula is C13H16ClN3. The van der Waals surface area contributed by atoms with Gasteiger partial charge in [-0.3, -0.25) is 4.40 Å². The van der Waals surface area contributed by atoms with Gasteiger partial charge in [-0.05, 0) is 30.9 Å². The fraction of sp³-hybridized carbons (Fsp3) is 0.462. The van der Waals surface area contributed by atoms with Crippen LogP contribution in [0, 0.1) is 5.92 Å². The summed E-state index contributed by atoms with van der Waals surface area (Å²) in [4.78, 5) is 4.29. The molecule has 3 rings (SSSR count). The Labute approximate surface area is 106 Å². The van der Waals surface area contributed by atoms with Crippen LogP contribution in [0.25, 0.3) is 5.65 Å². The van der Waals surface area contributed by atoms with Gasteiger partial charge in [0.2, 0.25) is 0 Å². The molecule has 1 N–H and O–H groups in total. The Morgan fingerprint density at radius 3 is 3.24 bits per heavy atom. The van der Waals surface area contributed by atoms with E-state index in [1.807, 2.05) is 24.5 Å². The summed E-state index contributed by atoms with van der Waals surface area (Å²) >= 11 is 6.01. The molecule has 0 bridgehead atoms. The van der Waals surface area contributed by atoms with Crippen LogP contribution in [0.3, 0.4) is 0 Å².